The smallest absolute Gasteiger partial charge is 0.255 e. The molecular weight excluding hydrogens is 456 g/mol. The third-order valence-electron chi connectivity index (χ3n) is 5.64. The summed E-state index contributed by atoms with van der Waals surface area (Å²) in [4.78, 5) is 12.9. The predicted octanol–water partition coefficient (Wildman–Crippen LogP) is 3.71. The molecule has 1 heterocycles. The predicted molar refractivity (Wildman–Crippen MR) is 128 cm³/mol. The number of amides is 1. The number of ether oxygens (including phenoxy) is 1. The van der Waals surface area contributed by atoms with Gasteiger partial charge in [-0.1, -0.05) is 24.3 Å². The normalized spacial score (nSPS) is 12.6. The third kappa shape index (κ3) is 5.49. The quantitative estimate of drug-likeness (QED) is 0.477. The van der Waals surface area contributed by atoms with Crippen LogP contribution in [0.1, 0.15) is 51.3 Å². The molecule has 0 saturated heterocycles. The number of nitrogens with zero attached hydrogens (tertiary/aromatic N) is 1. The van der Waals surface area contributed by atoms with Crippen molar-refractivity contribution in [2.75, 3.05) is 14.2 Å². The molecule has 182 valence electrons. The number of aryl methyl sites for hydroxylation is 2. The zero-order chi connectivity index (χ0) is 25.0. The molecule has 2 N–H and O–H groups in total. The summed E-state index contributed by atoms with van der Waals surface area (Å²) in [7, 11) is -0.790. The van der Waals surface area contributed by atoms with E-state index in [4.69, 9.17) is 14.3 Å². The summed E-state index contributed by atoms with van der Waals surface area (Å²) in [6, 6.07) is 11.9. The molecule has 0 aliphatic carbocycles. The Morgan fingerprint density at radius 2 is 1.76 bits per heavy atom. The molecule has 1 unspecified atom stereocenters. The van der Waals surface area contributed by atoms with Crippen LogP contribution in [0.5, 0.6) is 5.75 Å². The SMILES string of the molecule is COc1cc(C)c(S(=O)(=O)N(C)Cc2cc(C(=O)NC(C)c3ccc(CO)cc3)co2)c(C)c1. The minimum Gasteiger partial charge on any atom is -0.497 e. The Hall–Kier alpha value is -3.14. The number of methoxy groups -OCH3 is 1. The first kappa shape index (κ1) is 25.5. The van der Waals surface area contributed by atoms with Crippen molar-refractivity contribution >= 4 is 15.9 Å². The Bertz CT molecular complexity index is 1240. The van der Waals surface area contributed by atoms with Crippen molar-refractivity contribution in [2.45, 2.75) is 44.9 Å². The second-order valence-electron chi connectivity index (χ2n) is 8.25. The summed E-state index contributed by atoms with van der Waals surface area (Å²) >= 11 is 0. The Balaban J connectivity index is 1.70. The van der Waals surface area contributed by atoms with Crippen molar-refractivity contribution in [1.82, 2.24) is 9.62 Å². The van der Waals surface area contributed by atoms with Gasteiger partial charge in [0, 0.05) is 7.05 Å². The number of hydrogen-bond donors (Lipinski definition) is 2. The molecule has 34 heavy (non-hydrogen) atoms. The number of carbonyl (C=O) groups excluding carboxylic acids is 1. The van der Waals surface area contributed by atoms with E-state index in [0.29, 0.717) is 28.2 Å². The fourth-order valence-corrected chi connectivity index (χ4v) is 5.29. The lowest BCUT2D eigenvalue weighted by Crippen LogP contribution is -2.28. The maximum Gasteiger partial charge on any atom is 0.255 e. The highest BCUT2D eigenvalue weighted by atomic mass is 32.2. The average molecular weight is 487 g/mol. The van der Waals surface area contributed by atoms with Crippen molar-refractivity contribution < 1.29 is 27.5 Å². The van der Waals surface area contributed by atoms with Crippen LogP contribution in [0.4, 0.5) is 0 Å². The largest absolute Gasteiger partial charge is 0.497 e. The van der Waals surface area contributed by atoms with Gasteiger partial charge in [-0.25, -0.2) is 8.42 Å². The molecule has 0 aliphatic rings. The van der Waals surface area contributed by atoms with Crippen LogP contribution in [0, 0.1) is 13.8 Å². The molecular formula is C25H30N2O6S. The van der Waals surface area contributed by atoms with Gasteiger partial charge >= 0.3 is 0 Å². The minimum atomic E-state index is -3.80. The van der Waals surface area contributed by atoms with Gasteiger partial charge in [0.25, 0.3) is 5.91 Å². The number of benzene rings is 2. The van der Waals surface area contributed by atoms with E-state index in [2.05, 4.69) is 5.32 Å². The molecule has 2 aromatic carbocycles. The zero-order valence-corrected chi connectivity index (χ0v) is 20.8. The van der Waals surface area contributed by atoms with E-state index in [1.54, 1.807) is 38.1 Å². The second-order valence-corrected chi connectivity index (χ2v) is 10.2. The van der Waals surface area contributed by atoms with Gasteiger partial charge in [0.15, 0.2) is 0 Å². The monoisotopic (exact) mass is 486 g/mol. The topological polar surface area (TPSA) is 109 Å². The van der Waals surface area contributed by atoms with E-state index in [1.165, 1.54) is 30.8 Å². The first-order chi connectivity index (χ1) is 16.1. The first-order valence-corrected chi connectivity index (χ1v) is 12.2. The van der Waals surface area contributed by atoms with Gasteiger partial charge in [0.1, 0.15) is 17.8 Å². The lowest BCUT2D eigenvalue weighted by Gasteiger charge is -2.19. The Labute approximate surface area is 200 Å². The maximum absolute atomic E-state index is 13.2. The number of furan rings is 1. The zero-order valence-electron chi connectivity index (χ0n) is 20.0. The van der Waals surface area contributed by atoms with Crippen molar-refractivity contribution in [3.8, 4) is 5.75 Å². The van der Waals surface area contributed by atoms with Gasteiger partial charge in [0.2, 0.25) is 10.0 Å². The maximum atomic E-state index is 13.2. The molecule has 1 atom stereocenters. The summed E-state index contributed by atoms with van der Waals surface area (Å²) in [5.74, 6) is 0.609. The van der Waals surface area contributed by atoms with E-state index >= 15 is 0 Å². The van der Waals surface area contributed by atoms with Crippen LogP contribution in [-0.2, 0) is 23.2 Å². The number of hydrogen-bond acceptors (Lipinski definition) is 6. The van der Waals surface area contributed by atoms with Crippen LogP contribution in [0.3, 0.4) is 0 Å². The number of sulfonamides is 1. The fourth-order valence-electron chi connectivity index (χ4n) is 3.75. The number of rotatable bonds is 9. The molecule has 3 aromatic rings. The number of nitrogens with one attached hydrogen (secondary N) is 1. The average Bonchev–Trinajstić information content (AvgIpc) is 3.27. The molecule has 0 saturated carbocycles. The van der Waals surface area contributed by atoms with E-state index < -0.39 is 10.0 Å². The highest BCUT2D eigenvalue weighted by Gasteiger charge is 2.27. The van der Waals surface area contributed by atoms with Gasteiger partial charge in [-0.2, -0.15) is 4.31 Å². The van der Waals surface area contributed by atoms with Crippen LogP contribution in [0.15, 0.2) is 58.0 Å². The number of aliphatic hydroxyl groups is 1. The molecule has 1 amide bonds. The van der Waals surface area contributed by atoms with E-state index in [9.17, 15) is 13.2 Å². The molecule has 0 spiro atoms. The summed E-state index contributed by atoms with van der Waals surface area (Å²) in [6.07, 6.45) is 1.32. The molecule has 8 nitrogen and oxygen atoms in total. The summed E-state index contributed by atoms with van der Waals surface area (Å²) in [5, 5.41) is 12.1. The summed E-state index contributed by atoms with van der Waals surface area (Å²) in [5.41, 5.74) is 3.16. The first-order valence-electron chi connectivity index (χ1n) is 10.8. The second kappa shape index (κ2) is 10.4. The third-order valence-corrected chi connectivity index (χ3v) is 7.75. The number of aliphatic hydroxyl groups excluding tert-OH is 1. The lowest BCUT2D eigenvalue weighted by atomic mass is 10.1. The molecule has 3 rings (SSSR count). The highest BCUT2D eigenvalue weighted by molar-refractivity contribution is 7.89. The van der Waals surface area contributed by atoms with Gasteiger partial charge < -0.3 is 19.6 Å². The molecule has 1 aromatic heterocycles. The molecule has 9 heteroatoms. The standard InChI is InChI=1S/C25H30N2O6S/c1-16-10-22(32-5)11-17(2)24(16)34(30,31)27(4)13-23-12-21(15-33-23)25(29)26-18(3)20-8-6-19(14-28)7-9-20/h6-12,15,18,28H,13-14H2,1-5H3,(H,26,29). The summed E-state index contributed by atoms with van der Waals surface area (Å²) in [6.45, 7) is 5.24. The molecule has 0 radical (unpaired) electrons. The molecule has 0 fully saturated rings. The minimum absolute atomic E-state index is 0.0291. The van der Waals surface area contributed by atoms with Gasteiger partial charge in [-0.05, 0) is 61.2 Å². The van der Waals surface area contributed by atoms with Gasteiger partial charge in [-0.15, -0.1) is 0 Å². The van der Waals surface area contributed by atoms with Crippen LogP contribution < -0.4 is 10.1 Å². The van der Waals surface area contributed by atoms with Gasteiger partial charge in [-0.3, -0.25) is 4.79 Å². The Morgan fingerprint density at radius 3 is 2.32 bits per heavy atom. The van der Waals surface area contributed by atoms with E-state index in [-0.39, 0.29) is 30.0 Å². The van der Waals surface area contributed by atoms with Gasteiger partial charge in [0.05, 0.1) is 36.8 Å². The fraction of sp³-hybridized carbons (Fsp3) is 0.320. The van der Waals surface area contributed by atoms with Crippen molar-refractivity contribution in [3.63, 3.8) is 0 Å². The van der Waals surface area contributed by atoms with Crippen molar-refractivity contribution in [1.29, 1.82) is 0 Å². The van der Waals surface area contributed by atoms with Crippen LogP contribution in [0.2, 0.25) is 0 Å². The Morgan fingerprint density at radius 1 is 1.15 bits per heavy atom. The summed E-state index contributed by atoms with van der Waals surface area (Å²) < 4.78 is 38.3. The number of carbonyl (C=O) groups is 1. The van der Waals surface area contributed by atoms with Crippen LogP contribution in [-0.4, -0.2) is 37.9 Å². The van der Waals surface area contributed by atoms with Crippen molar-refractivity contribution in [2.24, 2.45) is 0 Å². The van der Waals surface area contributed by atoms with E-state index in [1.807, 2.05) is 19.1 Å². The van der Waals surface area contributed by atoms with Crippen LogP contribution in [0.25, 0.3) is 0 Å². The highest BCUT2D eigenvalue weighted by Crippen LogP contribution is 2.28. The molecule has 0 aliphatic heterocycles. The lowest BCUT2D eigenvalue weighted by molar-refractivity contribution is 0.0939. The Kier molecular flexibility index (Phi) is 7.81. The molecule has 0 bridgehead atoms. The van der Waals surface area contributed by atoms with Crippen LogP contribution >= 0.6 is 0 Å². The van der Waals surface area contributed by atoms with E-state index in [0.717, 1.165) is 11.1 Å². The van der Waals surface area contributed by atoms with Crippen molar-refractivity contribution in [3.05, 3.63) is 82.3 Å².